The van der Waals surface area contributed by atoms with Crippen LogP contribution in [-0.4, -0.2) is 30.2 Å². The smallest absolute Gasteiger partial charge is 0.417 e. The number of nitrogens with one attached hydrogen (secondary N) is 1. The van der Waals surface area contributed by atoms with E-state index in [9.17, 15) is 27.6 Å². The number of carbonyl (C=O) groups is 3. The lowest BCUT2D eigenvalue weighted by Crippen LogP contribution is -2.47. The van der Waals surface area contributed by atoms with Crippen LogP contribution < -0.4 is 15.0 Å². The number of hydrogen-bond acceptors (Lipinski definition) is 4. The molecule has 1 unspecified atom stereocenters. The first-order valence-electron chi connectivity index (χ1n) is 9.83. The number of ketones is 1. The molecule has 1 N–H and O–H groups in total. The van der Waals surface area contributed by atoms with Gasteiger partial charge in [0.1, 0.15) is 12.3 Å². The Morgan fingerprint density at radius 3 is 2.56 bits per heavy atom. The quantitative estimate of drug-likeness (QED) is 0.599. The molecule has 6 nitrogen and oxygen atoms in total. The minimum absolute atomic E-state index is 0.118. The van der Waals surface area contributed by atoms with Gasteiger partial charge in [-0.05, 0) is 49.7 Å². The van der Waals surface area contributed by atoms with Gasteiger partial charge in [-0.1, -0.05) is 18.5 Å². The summed E-state index contributed by atoms with van der Waals surface area (Å²) in [5.41, 5.74) is -0.586. The van der Waals surface area contributed by atoms with Gasteiger partial charge in [0.25, 0.3) is 5.91 Å². The molecule has 0 radical (unpaired) electrons. The van der Waals surface area contributed by atoms with Gasteiger partial charge in [-0.15, -0.1) is 0 Å². The number of hydrogen-bond donors (Lipinski definition) is 1. The number of Topliss-reactive ketones (excluding diaryl/α,β-unsaturated/α-hetero) is 1. The largest absolute Gasteiger partial charge is 0.479 e. The molecule has 0 bridgehead atoms. The van der Waals surface area contributed by atoms with Gasteiger partial charge in [0.2, 0.25) is 5.91 Å². The van der Waals surface area contributed by atoms with Crippen molar-refractivity contribution in [3.8, 4) is 5.75 Å². The van der Waals surface area contributed by atoms with E-state index in [0.29, 0.717) is 24.2 Å². The summed E-state index contributed by atoms with van der Waals surface area (Å²) in [6.07, 6.45) is -4.59. The van der Waals surface area contributed by atoms with Crippen molar-refractivity contribution in [1.29, 1.82) is 0 Å². The summed E-state index contributed by atoms with van der Waals surface area (Å²) in [6, 6.07) is 7.61. The second-order valence-corrected chi connectivity index (χ2v) is 7.69. The summed E-state index contributed by atoms with van der Waals surface area (Å²) in [5, 5.41) is 1.86. The Morgan fingerprint density at radius 1 is 1.19 bits per heavy atom. The summed E-state index contributed by atoms with van der Waals surface area (Å²) in [6.45, 7) is 2.90. The number of amides is 2. The summed E-state index contributed by atoms with van der Waals surface area (Å²) in [7, 11) is 0. The predicted molar refractivity (Wildman–Crippen MR) is 113 cm³/mol. The van der Waals surface area contributed by atoms with Gasteiger partial charge in [-0.2, -0.15) is 13.2 Å². The second-order valence-electron chi connectivity index (χ2n) is 7.28. The molecule has 0 saturated carbocycles. The Labute approximate surface area is 187 Å². The molecule has 2 aromatic rings. The maximum Gasteiger partial charge on any atom is 0.417 e. The molecule has 0 spiro atoms. The second kappa shape index (κ2) is 9.20. The number of anilines is 2. The molecular formula is C22H20ClF3N2O4. The molecule has 10 heteroatoms. The third-order valence-corrected chi connectivity index (χ3v) is 5.15. The van der Waals surface area contributed by atoms with Crippen molar-refractivity contribution in [1.82, 2.24) is 0 Å². The highest BCUT2D eigenvalue weighted by atomic mass is 35.5. The lowest BCUT2D eigenvalue weighted by molar-refractivity contribution is -0.137. The number of benzene rings is 2. The molecular weight excluding hydrogens is 449 g/mol. The lowest BCUT2D eigenvalue weighted by atomic mass is 10.0. The Bertz CT molecular complexity index is 1070. The number of fused-ring (bicyclic) bond motifs is 1. The van der Waals surface area contributed by atoms with Crippen LogP contribution in [0.25, 0.3) is 0 Å². The molecule has 1 heterocycles. The first-order valence-corrected chi connectivity index (χ1v) is 10.2. The van der Waals surface area contributed by atoms with E-state index in [1.807, 2.05) is 6.92 Å². The molecule has 170 valence electrons. The number of alkyl halides is 3. The van der Waals surface area contributed by atoms with E-state index in [-0.39, 0.29) is 17.2 Å². The van der Waals surface area contributed by atoms with Crippen molar-refractivity contribution in [3.63, 3.8) is 0 Å². The first-order chi connectivity index (χ1) is 15.0. The van der Waals surface area contributed by atoms with Gasteiger partial charge in [-0.25, -0.2) is 0 Å². The summed E-state index contributed by atoms with van der Waals surface area (Å²) in [4.78, 5) is 38.7. The molecule has 0 saturated heterocycles. The fourth-order valence-corrected chi connectivity index (χ4v) is 3.50. The van der Waals surface area contributed by atoms with E-state index in [2.05, 4.69) is 5.32 Å². The summed E-state index contributed by atoms with van der Waals surface area (Å²) in [5.74, 6) is -1.03. The van der Waals surface area contributed by atoms with Gasteiger partial charge in [0.05, 0.1) is 16.3 Å². The van der Waals surface area contributed by atoms with Crippen LogP contribution in [0.5, 0.6) is 5.75 Å². The highest BCUT2D eigenvalue weighted by molar-refractivity contribution is 6.31. The zero-order chi connectivity index (χ0) is 23.6. The van der Waals surface area contributed by atoms with Gasteiger partial charge in [0, 0.05) is 17.7 Å². The van der Waals surface area contributed by atoms with Crippen molar-refractivity contribution < 1.29 is 32.3 Å². The van der Waals surface area contributed by atoms with E-state index in [1.165, 1.54) is 19.1 Å². The average Bonchev–Trinajstić information content (AvgIpc) is 2.72. The maximum atomic E-state index is 13.1. The van der Waals surface area contributed by atoms with Crippen LogP contribution in [0.4, 0.5) is 24.5 Å². The van der Waals surface area contributed by atoms with Gasteiger partial charge in [-0.3, -0.25) is 19.3 Å². The predicted octanol–water partition coefficient (Wildman–Crippen LogP) is 5.09. The zero-order valence-corrected chi connectivity index (χ0v) is 18.0. The fraction of sp³-hybridized carbons (Fsp3) is 0.318. The van der Waals surface area contributed by atoms with Crippen LogP contribution in [0.15, 0.2) is 36.4 Å². The normalized spacial score (nSPS) is 15.8. The van der Waals surface area contributed by atoms with Crippen LogP contribution in [0.2, 0.25) is 5.02 Å². The molecule has 1 atom stereocenters. The third-order valence-electron chi connectivity index (χ3n) is 4.82. The van der Waals surface area contributed by atoms with Crippen LogP contribution in [0, 0.1) is 0 Å². The van der Waals surface area contributed by atoms with Gasteiger partial charge in [0.15, 0.2) is 11.9 Å². The zero-order valence-electron chi connectivity index (χ0n) is 17.3. The molecule has 2 amide bonds. The van der Waals surface area contributed by atoms with Crippen LogP contribution in [-0.2, 0) is 15.8 Å². The van der Waals surface area contributed by atoms with Gasteiger partial charge < -0.3 is 10.1 Å². The summed E-state index contributed by atoms with van der Waals surface area (Å²) < 4.78 is 44.8. The topological polar surface area (TPSA) is 75.7 Å². The van der Waals surface area contributed by atoms with E-state index < -0.39 is 41.2 Å². The van der Waals surface area contributed by atoms with E-state index in [4.69, 9.17) is 16.3 Å². The number of ether oxygens (including phenoxy) is 1. The van der Waals surface area contributed by atoms with Gasteiger partial charge >= 0.3 is 6.18 Å². The average molecular weight is 469 g/mol. The SMILES string of the molecule is CCCC(=O)c1ccc2c(c1)N(CC(=O)Nc1ccc(Cl)c(C(F)(F)F)c1)C(=O)C(C)O2. The molecule has 0 aliphatic carbocycles. The molecule has 2 aromatic carbocycles. The molecule has 1 aliphatic heterocycles. The molecule has 32 heavy (non-hydrogen) atoms. The number of nitrogens with zero attached hydrogens (tertiary/aromatic N) is 1. The Morgan fingerprint density at radius 2 is 1.91 bits per heavy atom. The van der Waals surface area contributed by atoms with E-state index in [1.54, 1.807) is 12.1 Å². The van der Waals surface area contributed by atoms with Crippen molar-refractivity contribution in [2.75, 3.05) is 16.8 Å². The molecule has 0 aromatic heterocycles. The third kappa shape index (κ3) is 5.04. The minimum Gasteiger partial charge on any atom is -0.479 e. The number of rotatable bonds is 6. The Hall–Kier alpha value is -3.07. The Balaban J connectivity index is 1.85. The Kier molecular flexibility index (Phi) is 6.78. The monoisotopic (exact) mass is 468 g/mol. The van der Waals surface area contributed by atoms with Crippen molar-refractivity contribution in [2.45, 2.75) is 39.0 Å². The first kappa shape index (κ1) is 23.6. The summed E-state index contributed by atoms with van der Waals surface area (Å²) >= 11 is 5.60. The number of halogens is 4. The van der Waals surface area contributed by atoms with E-state index in [0.717, 1.165) is 17.0 Å². The highest BCUT2D eigenvalue weighted by Gasteiger charge is 2.35. The van der Waals surface area contributed by atoms with Crippen LogP contribution >= 0.6 is 11.6 Å². The molecule has 3 rings (SSSR count). The maximum absolute atomic E-state index is 13.1. The van der Waals surface area contributed by atoms with Crippen molar-refractivity contribution in [2.24, 2.45) is 0 Å². The fourth-order valence-electron chi connectivity index (χ4n) is 3.28. The lowest BCUT2D eigenvalue weighted by Gasteiger charge is -2.32. The molecule has 1 aliphatic rings. The van der Waals surface area contributed by atoms with Crippen LogP contribution in [0.1, 0.15) is 42.6 Å². The molecule has 0 fully saturated rings. The van der Waals surface area contributed by atoms with Crippen molar-refractivity contribution in [3.05, 3.63) is 52.5 Å². The standard InChI is InChI=1S/C22H20ClF3N2O4/c1-3-4-18(29)13-5-8-19-17(9-13)28(21(31)12(2)32-19)11-20(30)27-14-6-7-16(23)15(10-14)22(24,25)26/h5-10,12H,3-4,11H2,1-2H3,(H,27,30). The van der Waals surface area contributed by atoms with Crippen molar-refractivity contribution >= 4 is 40.6 Å². The highest BCUT2D eigenvalue weighted by Crippen LogP contribution is 2.37. The number of carbonyl (C=O) groups excluding carboxylic acids is 3. The van der Waals surface area contributed by atoms with E-state index >= 15 is 0 Å². The minimum atomic E-state index is -4.69. The van der Waals surface area contributed by atoms with Crippen LogP contribution in [0.3, 0.4) is 0 Å².